The van der Waals surface area contributed by atoms with E-state index in [1.807, 2.05) is 25.7 Å². The Bertz CT molecular complexity index is 290. The Hall–Kier alpha value is -0.990. The Kier molecular flexibility index (Phi) is 2.49. The van der Waals surface area contributed by atoms with Gasteiger partial charge in [-0.2, -0.15) is 0 Å². The van der Waals surface area contributed by atoms with Crippen molar-refractivity contribution in [3.63, 3.8) is 0 Å². The van der Waals surface area contributed by atoms with Crippen LogP contribution in [-0.2, 0) is 4.74 Å². The Morgan fingerprint density at radius 2 is 2.13 bits per heavy atom. The summed E-state index contributed by atoms with van der Waals surface area (Å²) in [5.74, 6) is 0. The third-order valence-corrected chi connectivity index (χ3v) is 2.92. The molecule has 2 aliphatic rings. The first-order valence-electron chi connectivity index (χ1n) is 5.65. The number of fused-ring (bicyclic) bond motifs is 2. The van der Waals surface area contributed by atoms with Gasteiger partial charge in [-0.15, -0.1) is 0 Å². The molecule has 0 unspecified atom stereocenters. The molecule has 2 aliphatic heterocycles. The van der Waals surface area contributed by atoms with Crippen LogP contribution in [0, 0.1) is 0 Å². The topological polar surface area (TPSA) is 29.5 Å². The highest BCUT2D eigenvalue weighted by molar-refractivity contribution is 5.70. The number of hydrogen-bond acceptors (Lipinski definition) is 2. The maximum absolute atomic E-state index is 11.9. The lowest BCUT2D eigenvalue weighted by Gasteiger charge is -2.33. The van der Waals surface area contributed by atoms with E-state index in [0.717, 1.165) is 19.3 Å². The zero-order valence-electron chi connectivity index (χ0n) is 9.69. The molecule has 0 aromatic carbocycles. The molecule has 1 amide bonds. The second-order valence-electron chi connectivity index (χ2n) is 5.35. The second kappa shape index (κ2) is 3.54. The summed E-state index contributed by atoms with van der Waals surface area (Å²) in [6.07, 6.45) is 7.34. The lowest BCUT2D eigenvalue weighted by molar-refractivity contribution is 0.0171. The van der Waals surface area contributed by atoms with Gasteiger partial charge in [0.2, 0.25) is 0 Å². The van der Waals surface area contributed by atoms with Crippen LogP contribution in [0.4, 0.5) is 4.79 Å². The van der Waals surface area contributed by atoms with Crippen LogP contribution in [0.25, 0.3) is 0 Å². The number of nitrogens with zero attached hydrogens (tertiary/aromatic N) is 1. The fourth-order valence-corrected chi connectivity index (χ4v) is 2.32. The number of carbonyl (C=O) groups is 1. The molecule has 0 saturated carbocycles. The highest BCUT2D eigenvalue weighted by atomic mass is 16.6. The van der Waals surface area contributed by atoms with E-state index in [1.54, 1.807) is 0 Å². The largest absolute Gasteiger partial charge is 0.444 e. The molecule has 0 aromatic heterocycles. The standard InChI is InChI=1S/C12H19NO2/c1-12(2,3)15-11(14)13-9-5-4-6-10(13)8-7-9/h4-5,9-10H,6-8H2,1-3H3/t9-,10+/m0/s1. The second-order valence-corrected chi connectivity index (χ2v) is 5.35. The summed E-state index contributed by atoms with van der Waals surface area (Å²) in [7, 11) is 0. The van der Waals surface area contributed by atoms with E-state index < -0.39 is 5.60 Å². The van der Waals surface area contributed by atoms with Gasteiger partial charge in [-0.05, 0) is 40.0 Å². The minimum Gasteiger partial charge on any atom is -0.444 e. The highest BCUT2D eigenvalue weighted by Crippen LogP contribution is 2.32. The van der Waals surface area contributed by atoms with Gasteiger partial charge < -0.3 is 4.74 Å². The summed E-state index contributed by atoms with van der Waals surface area (Å²) in [5.41, 5.74) is -0.391. The number of ether oxygens (including phenoxy) is 1. The third kappa shape index (κ3) is 2.16. The predicted octanol–water partition coefficient (Wildman–Crippen LogP) is 2.71. The minimum absolute atomic E-state index is 0.153. The van der Waals surface area contributed by atoms with Crippen LogP contribution in [-0.4, -0.2) is 28.7 Å². The maximum Gasteiger partial charge on any atom is 0.411 e. The van der Waals surface area contributed by atoms with Crippen LogP contribution in [0.1, 0.15) is 40.0 Å². The average Bonchev–Trinajstić information content (AvgIpc) is 2.34. The number of hydrogen-bond donors (Lipinski definition) is 0. The summed E-state index contributed by atoms with van der Waals surface area (Å²) in [6, 6.07) is 0.647. The van der Waals surface area contributed by atoms with Crippen molar-refractivity contribution in [2.75, 3.05) is 0 Å². The van der Waals surface area contributed by atoms with Gasteiger partial charge in [0, 0.05) is 6.04 Å². The van der Waals surface area contributed by atoms with Crippen LogP contribution >= 0.6 is 0 Å². The Labute approximate surface area is 91.1 Å². The van der Waals surface area contributed by atoms with Gasteiger partial charge in [0.25, 0.3) is 0 Å². The van der Waals surface area contributed by atoms with E-state index in [1.165, 1.54) is 0 Å². The molecule has 2 bridgehead atoms. The van der Waals surface area contributed by atoms with E-state index in [-0.39, 0.29) is 12.1 Å². The van der Waals surface area contributed by atoms with E-state index in [4.69, 9.17) is 4.74 Å². The molecular weight excluding hydrogens is 190 g/mol. The summed E-state index contributed by atoms with van der Waals surface area (Å²) in [5, 5.41) is 0. The summed E-state index contributed by atoms with van der Waals surface area (Å²) in [4.78, 5) is 13.9. The first kappa shape index (κ1) is 10.5. The fraction of sp³-hybridized carbons (Fsp3) is 0.750. The van der Waals surface area contributed by atoms with Crippen molar-refractivity contribution in [3.8, 4) is 0 Å². The lowest BCUT2D eigenvalue weighted by atomic mass is 10.1. The number of carbonyl (C=O) groups excluding carboxylic acids is 1. The van der Waals surface area contributed by atoms with E-state index >= 15 is 0 Å². The maximum atomic E-state index is 11.9. The highest BCUT2D eigenvalue weighted by Gasteiger charge is 2.39. The van der Waals surface area contributed by atoms with Gasteiger partial charge in [0.05, 0.1) is 6.04 Å². The summed E-state index contributed by atoms with van der Waals surface area (Å²) in [6.45, 7) is 5.73. The number of amides is 1. The molecule has 84 valence electrons. The Morgan fingerprint density at radius 1 is 1.40 bits per heavy atom. The van der Waals surface area contributed by atoms with Crippen molar-refractivity contribution in [3.05, 3.63) is 12.2 Å². The summed E-state index contributed by atoms with van der Waals surface area (Å²) < 4.78 is 5.41. The van der Waals surface area contributed by atoms with Gasteiger partial charge in [-0.3, -0.25) is 4.90 Å². The molecule has 15 heavy (non-hydrogen) atoms. The predicted molar refractivity (Wildman–Crippen MR) is 58.6 cm³/mol. The molecule has 1 fully saturated rings. The van der Waals surface area contributed by atoms with Crippen molar-refractivity contribution in [1.82, 2.24) is 4.90 Å². The van der Waals surface area contributed by atoms with Crippen molar-refractivity contribution < 1.29 is 9.53 Å². The fourth-order valence-electron chi connectivity index (χ4n) is 2.32. The van der Waals surface area contributed by atoms with Crippen molar-refractivity contribution >= 4 is 6.09 Å². The zero-order valence-corrected chi connectivity index (χ0v) is 9.69. The quantitative estimate of drug-likeness (QED) is 0.574. The molecule has 0 aliphatic carbocycles. The van der Waals surface area contributed by atoms with Gasteiger partial charge in [0.15, 0.2) is 0 Å². The van der Waals surface area contributed by atoms with E-state index in [2.05, 4.69) is 12.2 Å². The van der Waals surface area contributed by atoms with Crippen LogP contribution in [0.2, 0.25) is 0 Å². The SMILES string of the molecule is CC(C)(C)OC(=O)N1[C@@H]2CC=C[C@H]1CC2. The van der Waals surface area contributed by atoms with Crippen LogP contribution in [0.3, 0.4) is 0 Å². The molecule has 2 rings (SSSR count). The van der Waals surface area contributed by atoms with Crippen molar-refractivity contribution in [1.29, 1.82) is 0 Å². The molecular formula is C12H19NO2. The molecule has 0 aromatic rings. The smallest absolute Gasteiger partial charge is 0.411 e. The minimum atomic E-state index is -0.391. The van der Waals surface area contributed by atoms with E-state index in [0.29, 0.717) is 6.04 Å². The van der Waals surface area contributed by atoms with Crippen molar-refractivity contribution in [2.45, 2.75) is 57.7 Å². The monoisotopic (exact) mass is 209 g/mol. The molecule has 2 heterocycles. The normalized spacial score (nSPS) is 29.4. The summed E-state index contributed by atoms with van der Waals surface area (Å²) >= 11 is 0. The van der Waals surface area contributed by atoms with E-state index in [9.17, 15) is 4.79 Å². The molecule has 0 radical (unpaired) electrons. The molecule has 0 spiro atoms. The number of rotatable bonds is 0. The molecule has 3 heteroatoms. The molecule has 1 saturated heterocycles. The first-order valence-corrected chi connectivity index (χ1v) is 5.65. The van der Waals surface area contributed by atoms with Crippen molar-refractivity contribution in [2.24, 2.45) is 0 Å². The van der Waals surface area contributed by atoms with Crippen LogP contribution in [0.5, 0.6) is 0 Å². The molecule has 2 atom stereocenters. The van der Waals surface area contributed by atoms with Gasteiger partial charge in [-0.1, -0.05) is 12.2 Å². The first-order chi connectivity index (χ1) is 6.97. The van der Waals surface area contributed by atoms with Gasteiger partial charge in [0.1, 0.15) is 5.60 Å². The van der Waals surface area contributed by atoms with Gasteiger partial charge in [-0.25, -0.2) is 4.79 Å². The molecule has 3 nitrogen and oxygen atoms in total. The Morgan fingerprint density at radius 3 is 2.73 bits per heavy atom. The van der Waals surface area contributed by atoms with Gasteiger partial charge >= 0.3 is 6.09 Å². The Balaban J connectivity index is 2.05. The molecule has 0 N–H and O–H groups in total. The third-order valence-electron chi connectivity index (χ3n) is 2.92. The zero-order chi connectivity index (χ0) is 11.1. The lowest BCUT2D eigenvalue weighted by Crippen LogP contribution is -2.44. The van der Waals surface area contributed by atoms with Crippen LogP contribution in [0.15, 0.2) is 12.2 Å². The average molecular weight is 209 g/mol. The van der Waals surface area contributed by atoms with Crippen LogP contribution < -0.4 is 0 Å².